The number of hydrogen-bond donors (Lipinski definition) is 2. The Morgan fingerprint density at radius 3 is 2.67 bits per heavy atom. The lowest BCUT2D eigenvalue weighted by atomic mass is 9.95. The van der Waals surface area contributed by atoms with Gasteiger partial charge >= 0.3 is 0 Å². The van der Waals surface area contributed by atoms with E-state index in [-0.39, 0.29) is 5.91 Å². The van der Waals surface area contributed by atoms with E-state index in [0.717, 1.165) is 28.7 Å². The highest BCUT2D eigenvalue weighted by Crippen LogP contribution is 2.24. The molecule has 0 radical (unpaired) electrons. The van der Waals surface area contributed by atoms with Crippen LogP contribution in [0, 0.1) is 6.92 Å². The van der Waals surface area contributed by atoms with Crippen molar-refractivity contribution in [3.05, 3.63) is 52.3 Å². The number of rotatable bonds is 4. The molecule has 1 saturated carbocycles. The summed E-state index contributed by atoms with van der Waals surface area (Å²) in [7, 11) is 0. The minimum atomic E-state index is -0.0388. The second kappa shape index (κ2) is 7.79. The predicted octanol–water partition coefficient (Wildman–Crippen LogP) is 4.96. The number of benzene rings is 1. The summed E-state index contributed by atoms with van der Waals surface area (Å²) in [5, 5.41) is 6.43. The highest BCUT2D eigenvalue weighted by atomic mass is 79.9. The normalized spacial score (nSPS) is 15.1. The lowest BCUT2D eigenvalue weighted by molar-refractivity contribution is 0.0927. The Morgan fingerprint density at radius 1 is 1.12 bits per heavy atom. The molecule has 1 aromatic heterocycles. The summed E-state index contributed by atoms with van der Waals surface area (Å²) >= 11 is 3.53. The predicted molar refractivity (Wildman–Crippen MR) is 101 cm³/mol. The molecule has 3 rings (SSSR count). The maximum absolute atomic E-state index is 12.4. The summed E-state index contributed by atoms with van der Waals surface area (Å²) in [4.78, 5) is 16.6. The van der Waals surface area contributed by atoms with E-state index in [0.29, 0.717) is 11.6 Å². The zero-order chi connectivity index (χ0) is 16.9. The van der Waals surface area contributed by atoms with E-state index in [9.17, 15) is 4.79 Å². The van der Waals surface area contributed by atoms with Crippen molar-refractivity contribution in [3.8, 4) is 0 Å². The van der Waals surface area contributed by atoms with Gasteiger partial charge in [0.1, 0.15) is 0 Å². The third-order valence-electron chi connectivity index (χ3n) is 4.40. The molecule has 5 heteroatoms. The molecular weight excluding hydrogens is 366 g/mol. The van der Waals surface area contributed by atoms with Crippen LogP contribution < -0.4 is 10.6 Å². The number of hydrogen-bond acceptors (Lipinski definition) is 3. The van der Waals surface area contributed by atoms with Gasteiger partial charge in [-0.15, -0.1) is 0 Å². The van der Waals surface area contributed by atoms with Crippen molar-refractivity contribution in [1.82, 2.24) is 10.3 Å². The Labute approximate surface area is 151 Å². The number of nitrogens with zero attached hydrogens (tertiary/aromatic N) is 1. The van der Waals surface area contributed by atoms with Gasteiger partial charge in [-0.3, -0.25) is 9.78 Å². The van der Waals surface area contributed by atoms with Crippen molar-refractivity contribution in [1.29, 1.82) is 0 Å². The fourth-order valence-corrected chi connectivity index (χ4v) is 3.36. The van der Waals surface area contributed by atoms with Crippen LogP contribution >= 0.6 is 15.9 Å². The van der Waals surface area contributed by atoms with Crippen molar-refractivity contribution in [2.45, 2.75) is 45.1 Å². The number of nitrogens with one attached hydrogen (secondary N) is 2. The molecule has 1 heterocycles. The Balaban J connectivity index is 1.68. The van der Waals surface area contributed by atoms with Gasteiger partial charge in [-0.2, -0.15) is 0 Å². The fourth-order valence-electron chi connectivity index (χ4n) is 2.99. The molecule has 1 aliphatic rings. The van der Waals surface area contributed by atoms with Crippen molar-refractivity contribution < 1.29 is 4.79 Å². The van der Waals surface area contributed by atoms with Crippen molar-refractivity contribution >= 4 is 33.2 Å². The summed E-state index contributed by atoms with van der Waals surface area (Å²) in [6, 6.07) is 8.22. The smallest absolute Gasteiger partial charge is 0.253 e. The maximum Gasteiger partial charge on any atom is 0.253 e. The van der Waals surface area contributed by atoms with Crippen LogP contribution in [0.3, 0.4) is 0 Å². The molecular formula is C19H22BrN3O. The molecule has 1 amide bonds. The van der Waals surface area contributed by atoms with Gasteiger partial charge in [-0.05, 0) is 43.5 Å². The fraction of sp³-hybridized carbons (Fsp3) is 0.368. The molecule has 2 N–H and O–H groups in total. The minimum Gasteiger partial charge on any atom is -0.354 e. The molecule has 1 aromatic carbocycles. The monoisotopic (exact) mass is 387 g/mol. The Morgan fingerprint density at radius 2 is 1.92 bits per heavy atom. The van der Waals surface area contributed by atoms with Crippen LogP contribution in [0.25, 0.3) is 0 Å². The number of carbonyl (C=O) groups excluding carboxylic acids is 1. The zero-order valence-electron chi connectivity index (χ0n) is 13.8. The molecule has 0 bridgehead atoms. The van der Waals surface area contributed by atoms with Gasteiger partial charge in [0.05, 0.1) is 17.4 Å². The van der Waals surface area contributed by atoms with Gasteiger partial charge < -0.3 is 10.6 Å². The lowest BCUT2D eigenvalue weighted by Crippen LogP contribution is -2.36. The summed E-state index contributed by atoms with van der Waals surface area (Å²) in [6.45, 7) is 2.05. The Kier molecular flexibility index (Phi) is 5.51. The average molecular weight is 388 g/mol. The lowest BCUT2D eigenvalue weighted by Gasteiger charge is -2.22. The second-order valence-corrected chi connectivity index (χ2v) is 7.21. The average Bonchev–Trinajstić information content (AvgIpc) is 2.59. The SMILES string of the molecule is Cc1ccc(Nc2cncc(C(=O)NC3CCCCC3)c2)cc1Br. The van der Waals surface area contributed by atoms with E-state index in [2.05, 4.69) is 31.5 Å². The number of carbonyl (C=O) groups is 1. The van der Waals surface area contributed by atoms with Gasteiger partial charge in [0, 0.05) is 22.4 Å². The molecule has 1 aliphatic carbocycles. The number of aryl methyl sites for hydroxylation is 1. The molecule has 4 nitrogen and oxygen atoms in total. The van der Waals surface area contributed by atoms with Crippen molar-refractivity contribution in [2.75, 3.05) is 5.32 Å². The number of anilines is 2. The third-order valence-corrected chi connectivity index (χ3v) is 5.26. The molecule has 0 unspecified atom stereocenters. The molecule has 0 aliphatic heterocycles. The van der Waals surface area contributed by atoms with Gasteiger partial charge in [-0.1, -0.05) is 41.3 Å². The number of amides is 1. The third kappa shape index (κ3) is 4.35. The van der Waals surface area contributed by atoms with Crippen LogP contribution in [0.15, 0.2) is 41.1 Å². The first-order valence-electron chi connectivity index (χ1n) is 8.41. The summed E-state index contributed by atoms with van der Waals surface area (Å²) < 4.78 is 1.05. The number of pyridine rings is 1. The van der Waals surface area contributed by atoms with E-state index >= 15 is 0 Å². The second-order valence-electron chi connectivity index (χ2n) is 6.36. The van der Waals surface area contributed by atoms with E-state index in [1.165, 1.54) is 24.8 Å². The largest absolute Gasteiger partial charge is 0.354 e. The summed E-state index contributed by atoms with van der Waals surface area (Å²) in [5.41, 5.74) is 3.54. The van der Waals surface area contributed by atoms with Crippen LogP contribution in [0.4, 0.5) is 11.4 Å². The molecule has 0 spiro atoms. The van der Waals surface area contributed by atoms with Crippen LogP contribution in [0.2, 0.25) is 0 Å². The van der Waals surface area contributed by atoms with E-state index in [1.807, 2.05) is 31.2 Å². The Bertz CT molecular complexity index is 726. The molecule has 126 valence electrons. The first-order chi connectivity index (χ1) is 11.6. The van der Waals surface area contributed by atoms with Crippen molar-refractivity contribution in [2.24, 2.45) is 0 Å². The molecule has 1 fully saturated rings. The Hall–Kier alpha value is -1.88. The van der Waals surface area contributed by atoms with E-state index in [4.69, 9.17) is 0 Å². The van der Waals surface area contributed by atoms with Crippen LogP contribution in [-0.2, 0) is 0 Å². The van der Waals surface area contributed by atoms with E-state index in [1.54, 1.807) is 12.4 Å². The highest BCUT2D eigenvalue weighted by molar-refractivity contribution is 9.10. The molecule has 0 saturated heterocycles. The maximum atomic E-state index is 12.4. The number of aromatic nitrogens is 1. The zero-order valence-corrected chi connectivity index (χ0v) is 15.4. The molecule has 2 aromatic rings. The van der Waals surface area contributed by atoms with Crippen LogP contribution in [0.1, 0.15) is 48.0 Å². The van der Waals surface area contributed by atoms with Gasteiger partial charge in [0.15, 0.2) is 0 Å². The van der Waals surface area contributed by atoms with E-state index < -0.39 is 0 Å². The van der Waals surface area contributed by atoms with Crippen LogP contribution in [0.5, 0.6) is 0 Å². The quantitative estimate of drug-likeness (QED) is 0.779. The minimum absolute atomic E-state index is 0.0388. The van der Waals surface area contributed by atoms with Crippen molar-refractivity contribution in [3.63, 3.8) is 0 Å². The van der Waals surface area contributed by atoms with Crippen LogP contribution in [-0.4, -0.2) is 16.9 Å². The molecule has 24 heavy (non-hydrogen) atoms. The van der Waals surface area contributed by atoms with Gasteiger partial charge in [0.25, 0.3) is 5.91 Å². The summed E-state index contributed by atoms with van der Waals surface area (Å²) in [6.07, 6.45) is 9.18. The first-order valence-corrected chi connectivity index (χ1v) is 9.20. The standard InChI is InChI=1S/C19H22BrN3O/c1-13-7-8-16(10-18(13)20)22-17-9-14(11-21-12-17)19(24)23-15-5-3-2-4-6-15/h7-12,15,22H,2-6H2,1H3,(H,23,24). The highest BCUT2D eigenvalue weighted by Gasteiger charge is 2.17. The van der Waals surface area contributed by atoms with Gasteiger partial charge in [-0.25, -0.2) is 0 Å². The topological polar surface area (TPSA) is 54.0 Å². The van der Waals surface area contributed by atoms with Gasteiger partial charge in [0.2, 0.25) is 0 Å². The number of halogens is 1. The molecule has 0 atom stereocenters. The summed E-state index contributed by atoms with van der Waals surface area (Å²) in [5.74, 6) is -0.0388. The first kappa shape index (κ1) is 17.0.